The number of nitrogens with one attached hydrogen (secondary N) is 2. The number of amides is 2. The van der Waals surface area contributed by atoms with Gasteiger partial charge in [-0.2, -0.15) is 13.2 Å². The van der Waals surface area contributed by atoms with Crippen LogP contribution in [0.5, 0.6) is 0 Å². The van der Waals surface area contributed by atoms with Gasteiger partial charge in [-0.3, -0.25) is 0 Å². The second-order valence-electron chi connectivity index (χ2n) is 9.56. The standard InChI is InChI=1S/C27H35F3N4O/c28-27(29,30)23-9-5-21(6-10-23)22-7-11-24(12-8-22)32-26(35)31-15-4-16-33-19-13-25(14-20-33)34-17-2-1-3-18-34/h5-12,25H,1-4,13-20H2,(H2,31,32,35). The van der Waals surface area contributed by atoms with Gasteiger partial charge in [0.05, 0.1) is 5.56 Å². The Labute approximate surface area is 205 Å². The Kier molecular flexibility index (Phi) is 8.68. The summed E-state index contributed by atoms with van der Waals surface area (Å²) < 4.78 is 38.2. The van der Waals surface area contributed by atoms with Crippen molar-refractivity contribution in [3.8, 4) is 11.1 Å². The highest BCUT2D eigenvalue weighted by Crippen LogP contribution is 2.31. The second kappa shape index (κ2) is 11.9. The number of urea groups is 1. The Morgan fingerprint density at radius 3 is 2.06 bits per heavy atom. The van der Waals surface area contributed by atoms with Crippen LogP contribution >= 0.6 is 0 Å². The molecule has 0 spiro atoms. The highest BCUT2D eigenvalue weighted by atomic mass is 19.4. The van der Waals surface area contributed by atoms with Crippen LogP contribution in [0.1, 0.15) is 44.1 Å². The monoisotopic (exact) mass is 488 g/mol. The summed E-state index contributed by atoms with van der Waals surface area (Å²) in [6, 6.07) is 12.6. The smallest absolute Gasteiger partial charge is 0.338 e. The first kappa shape index (κ1) is 25.5. The molecule has 2 aromatic carbocycles. The van der Waals surface area contributed by atoms with Crippen molar-refractivity contribution in [2.24, 2.45) is 0 Å². The summed E-state index contributed by atoms with van der Waals surface area (Å²) in [5, 5.41) is 5.72. The number of rotatable bonds is 7. The molecule has 0 radical (unpaired) electrons. The maximum absolute atomic E-state index is 12.7. The van der Waals surface area contributed by atoms with Gasteiger partial charge < -0.3 is 20.4 Å². The van der Waals surface area contributed by atoms with Crippen LogP contribution in [0.15, 0.2) is 48.5 Å². The summed E-state index contributed by atoms with van der Waals surface area (Å²) in [4.78, 5) is 17.4. The fraction of sp³-hybridized carbons (Fsp3) is 0.519. The van der Waals surface area contributed by atoms with Crippen LogP contribution in [0.2, 0.25) is 0 Å². The Balaban J connectivity index is 1.13. The molecule has 8 heteroatoms. The third-order valence-electron chi connectivity index (χ3n) is 7.09. The summed E-state index contributed by atoms with van der Waals surface area (Å²) in [5.74, 6) is 0. The van der Waals surface area contributed by atoms with Crippen LogP contribution in [0, 0.1) is 0 Å². The van der Waals surface area contributed by atoms with Gasteiger partial charge in [0.1, 0.15) is 0 Å². The van der Waals surface area contributed by atoms with Crippen LogP contribution < -0.4 is 10.6 Å². The van der Waals surface area contributed by atoms with Gasteiger partial charge in [0.2, 0.25) is 0 Å². The molecule has 2 amide bonds. The van der Waals surface area contributed by atoms with Crippen LogP contribution in [-0.2, 0) is 6.18 Å². The van der Waals surface area contributed by atoms with Gasteiger partial charge >= 0.3 is 12.2 Å². The quantitative estimate of drug-likeness (QED) is 0.482. The van der Waals surface area contributed by atoms with Crippen LogP contribution in [-0.4, -0.2) is 61.1 Å². The van der Waals surface area contributed by atoms with Crippen molar-refractivity contribution in [1.29, 1.82) is 0 Å². The molecule has 0 saturated carbocycles. The minimum absolute atomic E-state index is 0.254. The van der Waals surface area contributed by atoms with Gasteiger partial charge in [-0.1, -0.05) is 30.7 Å². The van der Waals surface area contributed by atoms with Crippen LogP contribution in [0.25, 0.3) is 11.1 Å². The number of piperidine rings is 2. The number of carbonyl (C=O) groups excluding carboxylic acids is 1. The highest BCUT2D eigenvalue weighted by molar-refractivity contribution is 5.89. The zero-order valence-corrected chi connectivity index (χ0v) is 20.1. The molecule has 2 heterocycles. The average molecular weight is 489 g/mol. The van der Waals surface area contributed by atoms with Gasteiger partial charge in [-0.15, -0.1) is 0 Å². The lowest BCUT2D eigenvalue weighted by Crippen LogP contribution is -2.47. The van der Waals surface area contributed by atoms with E-state index in [0.29, 0.717) is 17.8 Å². The number of anilines is 1. The zero-order valence-electron chi connectivity index (χ0n) is 20.1. The van der Waals surface area contributed by atoms with E-state index in [0.717, 1.165) is 49.8 Å². The molecule has 0 atom stereocenters. The fourth-order valence-electron chi connectivity index (χ4n) is 5.07. The number of likely N-dealkylation sites (tertiary alicyclic amines) is 2. The fourth-order valence-corrected chi connectivity index (χ4v) is 5.07. The first-order chi connectivity index (χ1) is 16.9. The van der Waals surface area contributed by atoms with Crippen molar-refractivity contribution in [3.05, 3.63) is 54.1 Å². The van der Waals surface area contributed by atoms with E-state index in [1.165, 1.54) is 57.3 Å². The number of carbonyl (C=O) groups is 1. The maximum Gasteiger partial charge on any atom is 0.416 e. The minimum Gasteiger partial charge on any atom is -0.338 e. The summed E-state index contributed by atoms with van der Waals surface area (Å²) in [5.41, 5.74) is 1.44. The molecule has 190 valence electrons. The molecule has 2 aliphatic heterocycles. The molecule has 0 aromatic heterocycles. The van der Waals surface area contributed by atoms with Crippen LogP contribution in [0.4, 0.5) is 23.7 Å². The van der Waals surface area contributed by atoms with E-state index >= 15 is 0 Å². The van der Waals surface area contributed by atoms with Crippen molar-refractivity contribution in [3.63, 3.8) is 0 Å². The van der Waals surface area contributed by atoms with E-state index in [1.807, 2.05) is 0 Å². The van der Waals surface area contributed by atoms with Crippen molar-refractivity contribution in [2.45, 2.75) is 50.7 Å². The number of nitrogens with zero attached hydrogens (tertiary/aromatic N) is 2. The molecule has 0 unspecified atom stereocenters. The molecule has 2 N–H and O–H groups in total. The van der Waals surface area contributed by atoms with Gasteiger partial charge in [-0.05, 0) is 100 Å². The Hall–Kier alpha value is -2.58. The van der Waals surface area contributed by atoms with Gasteiger partial charge in [-0.25, -0.2) is 4.79 Å². The molecule has 0 bridgehead atoms. The molecular weight excluding hydrogens is 453 g/mol. The zero-order chi connectivity index (χ0) is 24.7. The summed E-state index contributed by atoms with van der Waals surface area (Å²) >= 11 is 0. The van der Waals surface area contributed by atoms with Crippen LogP contribution in [0.3, 0.4) is 0 Å². The number of hydrogen-bond donors (Lipinski definition) is 2. The molecule has 4 rings (SSSR count). The Morgan fingerprint density at radius 1 is 0.857 bits per heavy atom. The molecule has 2 aliphatic rings. The van der Waals surface area contributed by atoms with Crippen molar-refractivity contribution >= 4 is 11.7 Å². The topological polar surface area (TPSA) is 47.6 Å². The molecule has 35 heavy (non-hydrogen) atoms. The normalized spacial score (nSPS) is 18.4. The predicted octanol–water partition coefficient (Wildman–Crippen LogP) is 5.83. The van der Waals surface area contributed by atoms with Gasteiger partial charge in [0.25, 0.3) is 0 Å². The number of halogens is 3. The molecule has 2 aromatic rings. The summed E-state index contributed by atoms with van der Waals surface area (Å²) in [6.07, 6.45) is 3.13. The second-order valence-corrected chi connectivity index (χ2v) is 9.56. The SMILES string of the molecule is O=C(NCCCN1CCC(N2CCCCC2)CC1)Nc1ccc(-c2ccc(C(F)(F)F)cc2)cc1. The number of alkyl halides is 3. The highest BCUT2D eigenvalue weighted by Gasteiger charge is 2.30. The first-order valence-electron chi connectivity index (χ1n) is 12.7. The number of benzene rings is 2. The summed E-state index contributed by atoms with van der Waals surface area (Å²) in [7, 11) is 0. The third kappa shape index (κ3) is 7.45. The lowest BCUT2D eigenvalue weighted by Gasteiger charge is -2.40. The molecular formula is C27H35F3N4O. The van der Waals surface area contributed by atoms with Crippen molar-refractivity contribution in [2.75, 3.05) is 44.6 Å². The summed E-state index contributed by atoms with van der Waals surface area (Å²) in [6.45, 7) is 6.41. The minimum atomic E-state index is -4.34. The molecule has 2 saturated heterocycles. The van der Waals surface area contributed by atoms with E-state index in [1.54, 1.807) is 24.3 Å². The molecule has 0 aliphatic carbocycles. The number of hydrogen-bond acceptors (Lipinski definition) is 3. The van der Waals surface area contributed by atoms with Crippen molar-refractivity contribution in [1.82, 2.24) is 15.1 Å². The van der Waals surface area contributed by atoms with E-state index in [2.05, 4.69) is 20.4 Å². The van der Waals surface area contributed by atoms with Gasteiger partial charge in [0, 0.05) is 18.3 Å². The van der Waals surface area contributed by atoms with E-state index in [-0.39, 0.29) is 6.03 Å². The lowest BCUT2D eigenvalue weighted by molar-refractivity contribution is -0.137. The van der Waals surface area contributed by atoms with Gasteiger partial charge in [0.15, 0.2) is 0 Å². The Morgan fingerprint density at radius 2 is 1.46 bits per heavy atom. The Bertz CT molecular complexity index is 932. The maximum atomic E-state index is 12.7. The molecule has 2 fully saturated rings. The largest absolute Gasteiger partial charge is 0.416 e. The average Bonchev–Trinajstić information content (AvgIpc) is 2.88. The first-order valence-corrected chi connectivity index (χ1v) is 12.7. The lowest BCUT2D eigenvalue weighted by atomic mass is 10.00. The van der Waals surface area contributed by atoms with E-state index in [4.69, 9.17) is 0 Å². The predicted molar refractivity (Wildman–Crippen MR) is 133 cm³/mol. The van der Waals surface area contributed by atoms with Crippen molar-refractivity contribution < 1.29 is 18.0 Å². The molecule has 5 nitrogen and oxygen atoms in total. The van der Waals surface area contributed by atoms with E-state index in [9.17, 15) is 18.0 Å². The van der Waals surface area contributed by atoms with E-state index < -0.39 is 11.7 Å². The third-order valence-corrected chi connectivity index (χ3v) is 7.09.